The molecule has 1 atom stereocenters. The summed E-state index contributed by atoms with van der Waals surface area (Å²) in [6, 6.07) is 5.64. The van der Waals surface area contributed by atoms with E-state index >= 15 is 0 Å². The summed E-state index contributed by atoms with van der Waals surface area (Å²) >= 11 is 1.24. The molecule has 1 N–H and O–H groups in total. The number of aryl methyl sites for hydroxylation is 1. The molecule has 1 aromatic carbocycles. The van der Waals surface area contributed by atoms with Crippen molar-refractivity contribution in [3.8, 4) is 17.4 Å². The van der Waals surface area contributed by atoms with Crippen molar-refractivity contribution >= 4 is 22.4 Å². The first-order chi connectivity index (χ1) is 14.1. The predicted molar refractivity (Wildman–Crippen MR) is 110 cm³/mol. The summed E-state index contributed by atoms with van der Waals surface area (Å²) in [4.78, 5) is 21.3. The van der Waals surface area contributed by atoms with Crippen molar-refractivity contribution in [3.05, 3.63) is 42.5 Å². The standard InChI is InChI=1S/C20H23N5O3S/c1-13(2)18(22-20-23-19(24-29-20)25-9-8-21-11-25)15(26)5-3-4-14-6-7-16-17(10-14)28-12-27-16/h6-11,13,18H,3-5,12H2,1-2H3,(H,22,23,24)/t18-/m0/s1. The lowest BCUT2D eigenvalue weighted by Crippen LogP contribution is -2.34. The van der Waals surface area contributed by atoms with Gasteiger partial charge in [-0.05, 0) is 36.5 Å². The Hall–Kier alpha value is -2.94. The second kappa shape index (κ2) is 8.60. The third kappa shape index (κ3) is 4.56. The van der Waals surface area contributed by atoms with Crippen LogP contribution >= 0.6 is 11.5 Å². The van der Waals surface area contributed by atoms with Gasteiger partial charge in [-0.25, -0.2) is 4.98 Å². The topological polar surface area (TPSA) is 91.2 Å². The van der Waals surface area contributed by atoms with Crippen LogP contribution in [0.5, 0.6) is 11.5 Å². The lowest BCUT2D eigenvalue weighted by atomic mass is 9.95. The lowest BCUT2D eigenvalue weighted by Gasteiger charge is -2.20. The molecule has 4 rings (SSSR count). The van der Waals surface area contributed by atoms with Crippen LogP contribution in [0.15, 0.2) is 36.9 Å². The summed E-state index contributed by atoms with van der Waals surface area (Å²) in [5.74, 6) is 2.43. The van der Waals surface area contributed by atoms with Gasteiger partial charge in [0.2, 0.25) is 17.9 Å². The van der Waals surface area contributed by atoms with Gasteiger partial charge in [-0.2, -0.15) is 9.36 Å². The van der Waals surface area contributed by atoms with Crippen molar-refractivity contribution in [2.24, 2.45) is 5.92 Å². The average Bonchev–Trinajstić information content (AvgIpc) is 3.46. The molecular weight excluding hydrogens is 390 g/mol. The Morgan fingerprint density at radius 3 is 2.97 bits per heavy atom. The number of benzene rings is 1. The van der Waals surface area contributed by atoms with E-state index in [2.05, 4.69) is 19.7 Å². The second-order valence-corrected chi connectivity index (χ2v) is 7.99. The Morgan fingerprint density at radius 2 is 2.17 bits per heavy atom. The van der Waals surface area contributed by atoms with E-state index in [0.29, 0.717) is 17.5 Å². The molecule has 2 aromatic heterocycles. The van der Waals surface area contributed by atoms with Gasteiger partial charge in [-0.1, -0.05) is 19.9 Å². The van der Waals surface area contributed by atoms with E-state index in [-0.39, 0.29) is 24.5 Å². The molecule has 29 heavy (non-hydrogen) atoms. The molecule has 0 radical (unpaired) electrons. The Morgan fingerprint density at radius 1 is 1.31 bits per heavy atom. The van der Waals surface area contributed by atoms with Crippen LogP contribution in [0.2, 0.25) is 0 Å². The molecule has 0 aliphatic carbocycles. The summed E-state index contributed by atoms with van der Waals surface area (Å²) in [5.41, 5.74) is 1.14. The van der Waals surface area contributed by atoms with Gasteiger partial charge in [0.15, 0.2) is 17.3 Å². The number of rotatable bonds is 9. The minimum atomic E-state index is -0.296. The predicted octanol–water partition coefficient (Wildman–Crippen LogP) is 3.48. The number of hydrogen-bond donors (Lipinski definition) is 1. The number of aromatic nitrogens is 4. The van der Waals surface area contributed by atoms with Gasteiger partial charge in [0, 0.05) is 30.3 Å². The van der Waals surface area contributed by atoms with Gasteiger partial charge in [-0.15, -0.1) is 0 Å². The third-order valence-corrected chi connectivity index (χ3v) is 5.41. The Bertz CT molecular complexity index is 970. The molecule has 0 saturated carbocycles. The van der Waals surface area contributed by atoms with E-state index in [9.17, 15) is 4.79 Å². The van der Waals surface area contributed by atoms with Crippen molar-refractivity contribution in [3.63, 3.8) is 0 Å². The minimum Gasteiger partial charge on any atom is -0.454 e. The van der Waals surface area contributed by atoms with Gasteiger partial charge in [0.1, 0.15) is 6.33 Å². The van der Waals surface area contributed by atoms with Crippen LogP contribution in [0.4, 0.5) is 5.13 Å². The Balaban J connectivity index is 1.33. The van der Waals surface area contributed by atoms with Crippen molar-refractivity contribution < 1.29 is 14.3 Å². The van der Waals surface area contributed by atoms with E-state index in [0.717, 1.165) is 29.9 Å². The van der Waals surface area contributed by atoms with Crippen molar-refractivity contribution in [1.29, 1.82) is 0 Å². The zero-order chi connectivity index (χ0) is 20.2. The SMILES string of the molecule is CC(C)[C@H](Nc1nc(-n2ccnc2)ns1)C(=O)CCCc1ccc2c(c1)OCO2. The number of carbonyl (C=O) groups excluding carboxylic acids is 1. The van der Waals surface area contributed by atoms with Crippen molar-refractivity contribution in [1.82, 2.24) is 18.9 Å². The lowest BCUT2D eigenvalue weighted by molar-refractivity contribution is -0.120. The first-order valence-corrected chi connectivity index (χ1v) is 10.4. The third-order valence-electron chi connectivity index (χ3n) is 4.77. The number of fused-ring (bicyclic) bond motifs is 1. The van der Waals surface area contributed by atoms with Crippen LogP contribution in [-0.2, 0) is 11.2 Å². The number of hydrogen-bond acceptors (Lipinski definition) is 8. The quantitative estimate of drug-likeness (QED) is 0.574. The van der Waals surface area contributed by atoms with Crippen LogP contribution in [-0.4, -0.2) is 37.5 Å². The number of ketones is 1. The molecule has 0 unspecified atom stereocenters. The van der Waals surface area contributed by atoms with E-state index < -0.39 is 0 Å². The molecule has 0 amide bonds. The van der Waals surface area contributed by atoms with E-state index in [1.165, 1.54) is 11.5 Å². The molecule has 9 heteroatoms. The molecule has 3 aromatic rings. The van der Waals surface area contributed by atoms with Gasteiger partial charge in [0.05, 0.1) is 6.04 Å². The normalized spacial score (nSPS) is 13.6. The minimum absolute atomic E-state index is 0.147. The highest BCUT2D eigenvalue weighted by Gasteiger charge is 2.23. The molecule has 1 aliphatic heterocycles. The Labute approximate surface area is 173 Å². The van der Waals surface area contributed by atoms with Crippen LogP contribution in [0.25, 0.3) is 5.95 Å². The highest BCUT2D eigenvalue weighted by atomic mass is 32.1. The van der Waals surface area contributed by atoms with Crippen LogP contribution < -0.4 is 14.8 Å². The van der Waals surface area contributed by atoms with Crippen molar-refractivity contribution in [2.75, 3.05) is 12.1 Å². The largest absolute Gasteiger partial charge is 0.454 e. The summed E-state index contributed by atoms with van der Waals surface area (Å²) in [6.45, 7) is 4.34. The number of imidazole rings is 1. The molecule has 0 spiro atoms. The molecule has 0 bridgehead atoms. The van der Waals surface area contributed by atoms with Gasteiger partial charge in [0.25, 0.3) is 0 Å². The van der Waals surface area contributed by atoms with Gasteiger partial charge in [-0.3, -0.25) is 9.36 Å². The highest BCUT2D eigenvalue weighted by Crippen LogP contribution is 2.32. The average molecular weight is 414 g/mol. The van der Waals surface area contributed by atoms with Crippen LogP contribution in [0.3, 0.4) is 0 Å². The summed E-state index contributed by atoms with van der Waals surface area (Å²) in [5, 5.41) is 3.90. The van der Waals surface area contributed by atoms with Crippen LogP contribution in [0, 0.1) is 5.92 Å². The summed E-state index contributed by atoms with van der Waals surface area (Å²) < 4.78 is 16.8. The fourth-order valence-corrected chi connectivity index (χ4v) is 3.83. The zero-order valence-corrected chi connectivity index (χ0v) is 17.2. The first kappa shape index (κ1) is 19.4. The number of nitrogens with zero attached hydrogens (tertiary/aromatic N) is 4. The van der Waals surface area contributed by atoms with Gasteiger partial charge < -0.3 is 14.8 Å². The van der Waals surface area contributed by atoms with E-state index in [1.54, 1.807) is 23.3 Å². The Kier molecular flexibility index (Phi) is 5.75. The number of nitrogens with one attached hydrogen (secondary N) is 1. The van der Waals surface area contributed by atoms with Gasteiger partial charge >= 0.3 is 0 Å². The van der Waals surface area contributed by atoms with Crippen LogP contribution in [0.1, 0.15) is 32.3 Å². The maximum absolute atomic E-state index is 12.8. The number of Topliss-reactive ketones (excluding diaryl/α,β-unsaturated/α-hetero) is 1. The van der Waals surface area contributed by atoms with Crippen molar-refractivity contribution in [2.45, 2.75) is 39.2 Å². The number of anilines is 1. The molecular formula is C20H23N5O3S. The molecule has 152 valence electrons. The fourth-order valence-electron chi connectivity index (χ4n) is 3.23. The molecule has 0 saturated heterocycles. The fraction of sp³-hybridized carbons (Fsp3) is 0.400. The molecule has 3 heterocycles. The van der Waals surface area contributed by atoms with E-state index in [1.807, 2.05) is 32.0 Å². The monoisotopic (exact) mass is 413 g/mol. The maximum atomic E-state index is 12.8. The molecule has 0 fully saturated rings. The summed E-state index contributed by atoms with van der Waals surface area (Å²) in [7, 11) is 0. The second-order valence-electron chi connectivity index (χ2n) is 7.24. The van der Waals surface area contributed by atoms with E-state index in [4.69, 9.17) is 9.47 Å². The smallest absolute Gasteiger partial charge is 0.248 e. The molecule has 8 nitrogen and oxygen atoms in total. The first-order valence-electron chi connectivity index (χ1n) is 9.60. The number of carbonyl (C=O) groups is 1. The number of ether oxygens (including phenoxy) is 2. The molecule has 1 aliphatic rings. The summed E-state index contributed by atoms with van der Waals surface area (Å²) in [6.07, 6.45) is 7.20. The zero-order valence-electron chi connectivity index (χ0n) is 16.4. The highest BCUT2D eigenvalue weighted by molar-refractivity contribution is 7.09. The maximum Gasteiger partial charge on any atom is 0.248 e.